The number of nitrogens with zero attached hydrogens (tertiary/aromatic N) is 3. The minimum atomic E-state index is -0.527. The lowest BCUT2D eigenvalue weighted by Gasteiger charge is -2.10. The number of Topliss-reactive ketones (excluding diaryl/α,β-unsaturated/α-hetero) is 1. The highest BCUT2D eigenvalue weighted by Gasteiger charge is 2.12. The van der Waals surface area contributed by atoms with Crippen LogP contribution in [0.2, 0.25) is 5.02 Å². The number of halogens is 1. The Labute approximate surface area is 149 Å². The van der Waals surface area contributed by atoms with Gasteiger partial charge in [-0.05, 0) is 31.2 Å². The van der Waals surface area contributed by atoms with Crippen molar-refractivity contribution in [1.82, 2.24) is 14.9 Å². The fourth-order valence-electron chi connectivity index (χ4n) is 1.66. The molecule has 0 aliphatic heterocycles. The standard InChI is InChI=1S/C16H16ClN3O3S/c1-10-8-14(23-16(22)20(2)3)19-15(18-10)24-9-13(21)11-4-6-12(17)7-5-11/h4-8H,9H2,1-3H3. The van der Waals surface area contributed by atoms with E-state index in [0.717, 1.165) is 0 Å². The molecule has 1 amide bonds. The summed E-state index contributed by atoms with van der Waals surface area (Å²) in [5.41, 5.74) is 1.21. The molecule has 0 bridgehead atoms. The van der Waals surface area contributed by atoms with E-state index >= 15 is 0 Å². The summed E-state index contributed by atoms with van der Waals surface area (Å²) in [7, 11) is 3.16. The molecule has 0 fully saturated rings. The second-order valence-electron chi connectivity index (χ2n) is 5.11. The van der Waals surface area contributed by atoms with E-state index in [4.69, 9.17) is 16.3 Å². The van der Waals surface area contributed by atoms with Crippen molar-refractivity contribution in [3.63, 3.8) is 0 Å². The van der Waals surface area contributed by atoms with Crippen molar-refractivity contribution >= 4 is 35.2 Å². The zero-order valence-electron chi connectivity index (χ0n) is 13.4. The van der Waals surface area contributed by atoms with Gasteiger partial charge in [0, 0.05) is 36.4 Å². The van der Waals surface area contributed by atoms with Crippen LogP contribution in [0.15, 0.2) is 35.5 Å². The highest BCUT2D eigenvalue weighted by atomic mass is 35.5. The Bertz CT molecular complexity index is 751. The predicted octanol–water partition coefficient (Wildman–Crippen LogP) is 3.47. The molecule has 0 spiro atoms. The quantitative estimate of drug-likeness (QED) is 0.459. The molecule has 2 aromatic rings. The summed E-state index contributed by atoms with van der Waals surface area (Å²) >= 11 is 6.99. The Kier molecular flexibility index (Phi) is 6.16. The number of hydrogen-bond acceptors (Lipinski definition) is 6. The third-order valence-electron chi connectivity index (χ3n) is 2.87. The number of benzene rings is 1. The molecule has 0 N–H and O–H groups in total. The maximum atomic E-state index is 12.2. The first kappa shape index (κ1) is 18.2. The van der Waals surface area contributed by atoms with Crippen LogP contribution in [0.4, 0.5) is 4.79 Å². The molecule has 8 heteroatoms. The Morgan fingerprint density at radius 1 is 1.21 bits per heavy atom. The normalized spacial score (nSPS) is 10.3. The molecule has 0 saturated heterocycles. The van der Waals surface area contributed by atoms with Crippen LogP contribution in [-0.4, -0.2) is 46.6 Å². The Balaban J connectivity index is 2.04. The van der Waals surface area contributed by atoms with E-state index in [9.17, 15) is 9.59 Å². The summed E-state index contributed by atoms with van der Waals surface area (Å²) in [6.45, 7) is 1.76. The van der Waals surface area contributed by atoms with Crippen LogP contribution in [0, 0.1) is 6.92 Å². The number of thioether (sulfide) groups is 1. The second kappa shape index (κ2) is 8.12. The van der Waals surface area contributed by atoms with Gasteiger partial charge in [0.2, 0.25) is 5.88 Å². The minimum absolute atomic E-state index is 0.0615. The van der Waals surface area contributed by atoms with Gasteiger partial charge in [-0.1, -0.05) is 23.4 Å². The lowest BCUT2D eigenvalue weighted by molar-refractivity contribution is 0.102. The average Bonchev–Trinajstić information content (AvgIpc) is 2.52. The van der Waals surface area contributed by atoms with Gasteiger partial charge in [0.15, 0.2) is 10.9 Å². The van der Waals surface area contributed by atoms with Gasteiger partial charge < -0.3 is 9.64 Å². The van der Waals surface area contributed by atoms with Crippen LogP contribution in [0.3, 0.4) is 0 Å². The highest BCUT2D eigenvalue weighted by molar-refractivity contribution is 7.99. The van der Waals surface area contributed by atoms with E-state index < -0.39 is 6.09 Å². The molecule has 0 aliphatic rings. The fraction of sp³-hybridized carbons (Fsp3) is 0.250. The molecule has 1 aromatic carbocycles. The molecule has 1 heterocycles. The third-order valence-corrected chi connectivity index (χ3v) is 3.97. The first-order valence-electron chi connectivity index (χ1n) is 7.01. The van der Waals surface area contributed by atoms with Gasteiger partial charge in [0.1, 0.15) is 0 Å². The maximum Gasteiger partial charge on any atom is 0.416 e. The Hall–Kier alpha value is -2.12. The van der Waals surface area contributed by atoms with Gasteiger partial charge in [-0.25, -0.2) is 9.78 Å². The van der Waals surface area contributed by atoms with Gasteiger partial charge in [-0.3, -0.25) is 4.79 Å². The average molecular weight is 366 g/mol. The molecule has 2 rings (SSSR count). The largest absolute Gasteiger partial charge is 0.416 e. The topological polar surface area (TPSA) is 72.4 Å². The van der Waals surface area contributed by atoms with Crippen molar-refractivity contribution in [1.29, 1.82) is 0 Å². The van der Waals surface area contributed by atoms with Crippen molar-refractivity contribution in [2.75, 3.05) is 19.8 Å². The molecule has 24 heavy (non-hydrogen) atoms. The summed E-state index contributed by atoms with van der Waals surface area (Å²) in [5.74, 6) is 0.267. The minimum Gasteiger partial charge on any atom is -0.391 e. The van der Waals surface area contributed by atoms with Gasteiger partial charge in [0.05, 0.1) is 5.75 Å². The van der Waals surface area contributed by atoms with E-state index in [1.165, 1.54) is 16.7 Å². The summed E-state index contributed by atoms with van der Waals surface area (Å²) in [5, 5.41) is 0.951. The van der Waals surface area contributed by atoms with Crippen LogP contribution < -0.4 is 4.74 Å². The molecular weight excluding hydrogens is 350 g/mol. The van der Waals surface area contributed by atoms with Crippen molar-refractivity contribution in [2.24, 2.45) is 0 Å². The number of ketones is 1. The number of aromatic nitrogens is 2. The second-order valence-corrected chi connectivity index (χ2v) is 6.49. The molecule has 1 aromatic heterocycles. The van der Waals surface area contributed by atoms with Gasteiger partial charge in [-0.2, -0.15) is 4.98 Å². The molecule has 0 unspecified atom stereocenters. The third kappa shape index (κ3) is 5.21. The number of aryl methyl sites for hydroxylation is 1. The van der Waals surface area contributed by atoms with Gasteiger partial charge in [-0.15, -0.1) is 0 Å². The molecule has 6 nitrogen and oxygen atoms in total. The van der Waals surface area contributed by atoms with Crippen molar-refractivity contribution in [3.8, 4) is 5.88 Å². The first-order valence-corrected chi connectivity index (χ1v) is 8.38. The smallest absolute Gasteiger partial charge is 0.391 e. The van der Waals surface area contributed by atoms with E-state index in [0.29, 0.717) is 21.4 Å². The molecule has 0 atom stereocenters. The molecule has 0 saturated carbocycles. The highest BCUT2D eigenvalue weighted by Crippen LogP contribution is 2.20. The molecule has 126 valence electrons. The Morgan fingerprint density at radius 2 is 1.88 bits per heavy atom. The number of amides is 1. The van der Waals surface area contributed by atoms with Gasteiger partial charge >= 0.3 is 6.09 Å². The number of carbonyl (C=O) groups is 2. The predicted molar refractivity (Wildman–Crippen MR) is 93.0 cm³/mol. The lowest BCUT2D eigenvalue weighted by Crippen LogP contribution is -2.25. The lowest BCUT2D eigenvalue weighted by atomic mass is 10.1. The zero-order valence-corrected chi connectivity index (χ0v) is 15.0. The SMILES string of the molecule is Cc1cc(OC(=O)N(C)C)nc(SCC(=O)c2ccc(Cl)cc2)n1. The van der Waals surface area contributed by atoms with Gasteiger partial charge in [0.25, 0.3) is 0 Å². The van der Waals surface area contributed by atoms with E-state index in [1.54, 1.807) is 51.4 Å². The summed E-state index contributed by atoms with van der Waals surface area (Å²) in [4.78, 5) is 33.4. The van der Waals surface area contributed by atoms with Crippen LogP contribution in [0.25, 0.3) is 0 Å². The number of carbonyl (C=O) groups excluding carboxylic acids is 2. The maximum absolute atomic E-state index is 12.2. The van der Waals surface area contributed by atoms with Crippen molar-refractivity contribution < 1.29 is 14.3 Å². The van der Waals surface area contributed by atoms with Crippen molar-refractivity contribution in [2.45, 2.75) is 12.1 Å². The fourth-order valence-corrected chi connectivity index (χ4v) is 2.58. The molecule has 0 aliphatic carbocycles. The summed E-state index contributed by atoms with van der Waals surface area (Å²) in [6, 6.07) is 8.24. The molecule has 0 radical (unpaired) electrons. The van der Waals surface area contributed by atoms with Crippen LogP contribution in [0.5, 0.6) is 5.88 Å². The number of hydrogen-bond donors (Lipinski definition) is 0. The summed E-state index contributed by atoms with van der Waals surface area (Å²) in [6.07, 6.45) is -0.527. The van der Waals surface area contributed by atoms with E-state index in [1.807, 2.05) is 0 Å². The van der Waals surface area contributed by atoms with Crippen molar-refractivity contribution in [3.05, 3.63) is 46.6 Å². The van der Waals surface area contributed by atoms with E-state index in [-0.39, 0.29) is 17.4 Å². The first-order chi connectivity index (χ1) is 11.3. The zero-order chi connectivity index (χ0) is 17.7. The number of rotatable bonds is 5. The molecular formula is C16H16ClN3O3S. The summed E-state index contributed by atoms with van der Waals surface area (Å²) < 4.78 is 5.12. The van der Waals surface area contributed by atoms with Crippen LogP contribution in [0.1, 0.15) is 16.1 Å². The van der Waals surface area contributed by atoms with E-state index in [2.05, 4.69) is 9.97 Å². The Morgan fingerprint density at radius 3 is 2.50 bits per heavy atom. The monoisotopic (exact) mass is 365 g/mol. The number of ether oxygens (including phenoxy) is 1. The van der Waals surface area contributed by atoms with Crippen LogP contribution >= 0.6 is 23.4 Å². The van der Waals surface area contributed by atoms with Crippen LogP contribution in [-0.2, 0) is 0 Å².